The summed E-state index contributed by atoms with van der Waals surface area (Å²) in [7, 11) is 0. The lowest BCUT2D eigenvalue weighted by Crippen LogP contribution is -2.26. The third-order valence-electron chi connectivity index (χ3n) is 3.77. The number of aliphatic hydroxyl groups excluding tert-OH is 1. The molecule has 0 saturated carbocycles. The molecule has 1 aromatic carbocycles. The Morgan fingerprint density at radius 3 is 2.19 bits per heavy atom. The Balaban J connectivity index is 0.000000547. The van der Waals surface area contributed by atoms with Crippen molar-refractivity contribution < 1.29 is 33.7 Å². The molecule has 0 saturated heterocycles. The molecule has 32 heavy (non-hydrogen) atoms. The zero-order valence-electron chi connectivity index (χ0n) is 16.6. The molecule has 2 rings (SSSR count). The van der Waals surface area contributed by atoms with E-state index in [0.717, 1.165) is 11.6 Å². The molecule has 0 aliphatic carbocycles. The SMILES string of the molecule is N#Cc1ccc(C(F)F)nc1S[C@H](C[C@H](N)CO)c1ccccc1.O=C(O)C=CC(=O)O. The van der Waals surface area contributed by atoms with E-state index in [0.29, 0.717) is 18.6 Å². The molecule has 0 amide bonds. The van der Waals surface area contributed by atoms with Gasteiger partial charge in [-0.2, -0.15) is 5.26 Å². The molecule has 1 heterocycles. The van der Waals surface area contributed by atoms with Gasteiger partial charge in [0.2, 0.25) is 0 Å². The summed E-state index contributed by atoms with van der Waals surface area (Å²) in [5, 5.41) is 34.1. The van der Waals surface area contributed by atoms with Gasteiger partial charge in [-0.1, -0.05) is 42.1 Å². The van der Waals surface area contributed by atoms with E-state index in [1.807, 2.05) is 36.4 Å². The average molecular weight is 465 g/mol. The fourth-order valence-electron chi connectivity index (χ4n) is 2.30. The quantitative estimate of drug-likeness (QED) is 0.322. The van der Waals surface area contributed by atoms with Crippen molar-refractivity contribution in [3.05, 3.63) is 71.4 Å². The van der Waals surface area contributed by atoms with Gasteiger partial charge in [0.1, 0.15) is 16.8 Å². The maximum atomic E-state index is 12.9. The predicted molar refractivity (Wildman–Crippen MR) is 113 cm³/mol. The van der Waals surface area contributed by atoms with Crippen LogP contribution in [0.15, 0.2) is 59.6 Å². The van der Waals surface area contributed by atoms with Gasteiger partial charge in [-0.05, 0) is 24.1 Å². The van der Waals surface area contributed by atoms with Crippen molar-refractivity contribution in [1.82, 2.24) is 4.98 Å². The number of nitrogens with two attached hydrogens (primary N) is 1. The number of aromatic nitrogens is 1. The Morgan fingerprint density at radius 1 is 1.12 bits per heavy atom. The number of nitrogens with zero attached hydrogens (tertiary/aromatic N) is 2. The summed E-state index contributed by atoms with van der Waals surface area (Å²) < 4.78 is 25.8. The number of halogens is 2. The number of benzene rings is 1. The number of carboxylic acid groups (broad SMARTS) is 2. The van der Waals surface area contributed by atoms with Gasteiger partial charge in [-0.15, -0.1) is 0 Å². The lowest BCUT2D eigenvalue weighted by molar-refractivity contribution is -0.134. The number of nitriles is 1. The van der Waals surface area contributed by atoms with E-state index in [9.17, 15) is 28.7 Å². The number of aliphatic carboxylic acids is 2. The van der Waals surface area contributed by atoms with Crippen molar-refractivity contribution in [2.45, 2.75) is 29.2 Å². The predicted octanol–water partition coefficient (Wildman–Crippen LogP) is 3.15. The first-order valence-electron chi connectivity index (χ1n) is 9.09. The number of hydrogen-bond donors (Lipinski definition) is 4. The molecule has 8 nitrogen and oxygen atoms in total. The van der Waals surface area contributed by atoms with E-state index < -0.39 is 24.4 Å². The minimum absolute atomic E-state index is 0.181. The van der Waals surface area contributed by atoms with Gasteiger partial charge in [0.05, 0.1) is 12.2 Å². The normalized spacial score (nSPS) is 12.5. The van der Waals surface area contributed by atoms with Gasteiger partial charge in [-0.25, -0.2) is 23.4 Å². The van der Waals surface area contributed by atoms with E-state index in [2.05, 4.69) is 4.98 Å². The van der Waals surface area contributed by atoms with Gasteiger partial charge < -0.3 is 21.1 Å². The lowest BCUT2D eigenvalue weighted by Gasteiger charge is -2.20. The molecule has 0 radical (unpaired) electrons. The molecule has 0 fully saturated rings. The Kier molecular flexibility index (Phi) is 11.6. The van der Waals surface area contributed by atoms with Crippen LogP contribution in [-0.2, 0) is 9.59 Å². The topological polar surface area (TPSA) is 158 Å². The first-order valence-corrected chi connectivity index (χ1v) is 9.97. The maximum absolute atomic E-state index is 12.9. The number of carbonyl (C=O) groups is 2. The molecular weight excluding hydrogens is 444 g/mol. The largest absolute Gasteiger partial charge is 0.478 e. The summed E-state index contributed by atoms with van der Waals surface area (Å²) in [5.74, 6) is -2.51. The fourth-order valence-corrected chi connectivity index (χ4v) is 3.60. The van der Waals surface area contributed by atoms with Crippen LogP contribution in [0.4, 0.5) is 8.78 Å². The van der Waals surface area contributed by atoms with E-state index in [-0.39, 0.29) is 28.1 Å². The minimum atomic E-state index is -2.70. The van der Waals surface area contributed by atoms with Crippen molar-refractivity contribution in [1.29, 1.82) is 5.26 Å². The van der Waals surface area contributed by atoms with Crippen molar-refractivity contribution in [3.63, 3.8) is 0 Å². The molecule has 1 aromatic heterocycles. The molecule has 0 spiro atoms. The molecule has 5 N–H and O–H groups in total. The molecular formula is C21H21F2N3O5S. The Bertz CT molecular complexity index is 952. The smallest absolute Gasteiger partial charge is 0.328 e. The van der Waals surface area contributed by atoms with E-state index in [1.165, 1.54) is 17.8 Å². The molecule has 170 valence electrons. The van der Waals surface area contributed by atoms with Gasteiger partial charge >= 0.3 is 11.9 Å². The third kappa shape index (κ3) is 9.65. The van der Waals surface area contributed by atoms with E-state index in [4.69, 9.17) is 15.9 Å². The van der Waals surface area contributed by atoms with Crippen LogP contribution in [0.25, 0.3) is 0 Å². The van der Waals surface area contributed by atoms with E-state index >= 15 is 0 Å². The van der Waals surface area contributed by atoms with E-state index in [1.54, 1.807) is 0 Å². The Morgan fingerprint density at radius 2 is 1.72 bits per heavy atom. The number of hydrogen-bond acceptors (Lipinski definition) is 7. The molecule has 0 unspecified atom stereocenters. The van der Waals surface area contributed by atoms with Crippen molar-refractivity contribution in [2.24, 2.45) is 5.73 Å². The summed E-state index contributed by atoms with van der Waals surface area (Å²) in [4.78, 5) is 23.0. The summed E-state index contributed by atoms with van der Waals surface area (Å²) in [6.45, 7) is -0.181. The summed E-state index contributed by atoms with van der Waals surface area (Å²) in [6.07, 6.45) is -1.16. The van der Waals surface area contributed by atoms with Crippen LogP contribution in [0, 0.1) is 11.3 Å². The number of pyridine rings is 1. The van der Waals surface area contributed by atoms with Gasteiger partial charge in [-0.3, -0.25) is 0 Å². The van der Waals surface area contributed by atoms with Crippen LogP contribution in [0.5, 0.6) is 0 Å². The number of aliphatic hydroxyl groups is 1. The highest BCUT2D eigenvalue weighted by molar-refractivity contribution is 7.99. The lowest BCUT2D eigenvalue weighted by atomic mass is 10.1. The van der Waals surface area contributed by atoms with Gasteiger partial charge in [0.25, 0.3) is 6.43 Å². The number of rotatable bonds is 9. The van der Waals surface area contributed by atoms with Crippen molar-refractivity contribution in [3.8, 4) is 6.07 Å². The molecule has 0 bridgehead atoms. The second-order valence-corrected chi connectivity index (χ2v) is 7.40. The Labute approximate surface area is 187 Å². The zero-order chi connectivity index (χ0) is 24.1. The van der Waals surface area contributed by atoms with Gasteiger partial charge in [0, 0.05) is 23.4 Å². The molecule has 11 heteroatoms. The first-order chi connectivity index (χ1) is 15.2. The zero-order valence-corrected chi connectivity index (χ0v) is 17.5. The second kappa shape index (κ2) is 13.9. The second-order valence-electron chi connectivity index (χ2n) is 6.21. The third-order valence-corrected chi connectivity index (χ3v) is 5.05. The Hall–Kier alpha value is -3.33. The number of carboxylic acids is 2. The summed E-state index contributed by atoms with van der Waals surface area (Å²) >= 11 is 1.21. The van der Waals surface area contributed by atoms with Crippen molar-refractivity contribution >= 4 is 23.7 Å². The molecule has 0 aliphatic heterocycles. The average Bonchev–Trinajstić information content (AvgIpc) is 2.78. The monoisotopic (exact) mass is 465 g/mol. The van der Waals surface area contributed by atoms with Crippen LogP contribution >= 0.6 is 11.8 Å². The van der Waals surface area contributed by atoms with Gasteiger partial charge in [0.15, 0.2) is 0 Å². The standard InChI is InChI=1S/C17H17F2N3OS.C4H4O4/c18-16(19)14-7-6-12(9-20)17(22-14)24-15(8-13(21)10-23)11-4-2-1-3-5-11;5-3(6)1-2-4(7)8/h1-7,13,15-16,23H,8,10,21H2;1-2H,(H,5,6)(H,7,8)/t13-,15+;/m0./s1. The van der Waals surface area contributed by atoms with Crippen molar-refractivity contribution in [2.75, 3.05) is 6.61 Å². The van der Waals surface area contributed by atoms with Crippen LogP contribution < -0.4 is 5.73 Å². The highest BCUT2D eigenvalue weighted by Gasteiger charge is 2.21. The molecule has 2 atom stereocenters. The highest BCUT2D eigenvalue weighted by atomic mass is 32.2. The van der Waals surface area contributed by atoms with Crippen LogP contribution in [0.3, 0.4) is 0 Å². The van der Waals surface area contributed by atoms with Crippen LogP contribution in [0.1, 0.15) is 34.9 Å². The van der Waals surface area contributed by atoms with Crippen LogP contribution in [-0.4, -0.2) is 44.9 Å². The minimum Gasteiger partial charge on any atom is -0.478 e. The number of alkyl halides is 2. The van der Waals surface area contributed by atoms with Crippen LogP contribution in [0.2, 0.25) is 0 Å². The summed E-state index contributed by atoms with van der Waals surface area (Å²) in [5.41, 5.74) is 6.65. The summed E-state index contributed by atoms with van der Waals surface area (Å²) in [6, 6.07) is 13.4. The number of thioether (sulfide) groups is 1. The maximum Gasteiger partial charge on any atom is 0.328 e. The molecule has 2 aromatic rings. The first kappa shape index (κ1) is 26.7. The fraction of sp³-hybridized carbons (Fsp3) is 0.238. The molecule has 0 aliphatic rings. The highest BCUT2D eigenvalue weighted by Crippen LogP contribution is 2.39.